The zero-order valence-corrected chi connectivity index (χ0v) is 19.8. The van der Waals surface area contributed by atoms with Crippen molar-refractivity contribution in [3.63, 3.8) is 0 Å². The van der Waals surface area contributed by atoms with Gasteiger partial charge in [0.15, 0.2) is 0 Å². The standard InChI is InChI=1S/C33H26N2O/c1-3-11-22(12-4-1)24-19-20-26-25-15-8-10-18-30(25)36-33(26)28(24)21-31-34-29-17-9-7-16-27(29)32(35-31)23-13-5-2-6-14-23/h1-20,31-32,34-35H,21H2. The van der Waals surface area contributed by atoms with E-state index < -0.39 is 0 Å². The molecule has 1 aromatic heterocycles. The van der Waals surface area contributed by atoms with Gasteiger partial charge in [-0.2, -0.15) is 0 Å². The summed E-state index contributed by atoms with van der Waals surface area (Å²) in [7, 11) is 0. The van der Waals surface area contributed by atoms with Crippen LogP contribution in [0.3, 0.4) is 0 Å². The van der Waals surface area contributed by atoms with Gasteiger partial charge < -0.3 is 9.73 Å². The second kappa shape index (κ2) is 8.71. The maximum absolute atomic E-state index is 6.51. The Balaban J connectivity index is 1.37. The van der Waals surface area contributed by atoms with E-state index in [1.165, 1.54) is 33.5 Å². The summed E-state index contributed by atoms with van der Waals surface area (Å²) in [6.07, 6.45) is 0.811. The molecule has 174 valence electrons. The third-order valence-corrected chi connectivity index (χ3v) is 7.25. The Kier molecular flexibility index (Phi) is 5.07. The molecule has 6 aromatic rings. The van der Waals surface area contributed by atoms with Crippen LogP contribution < -0.4 is 10.6 Å². The van der Waals surface area contributed by atoms with Crippen LogP contribution in [0.1, 0.15) is 22.7 Å². The molecule has 3 nitrogen and oxygen atoms in total. The highest BCUT2D eigenvalue weighted by Crippen LogP contribution is 2.39. The van der Waals surface area contributed by atoms with Crippen LogP contribution in [0.5, 0.6) is 0 Å². The van der Waals surface area contributed by atoms with Crippen molar-refractivity contribution in [2.75, 3.05) is 5.32 Å². The average molecular weight is 467 g/mol. The van der Waals surface area contributed by atoms with Gasteiger partial charge in [-0.1, -0.05) is 103 Å². The highest BCUT2D eigenvalue weighted by Gasteiger charge is 2.28. The molecule has 0 bridgehead atoms. The predicted molar refractivity (Wildman–Crippen MR) is 148 cm³/mol. The molecular formula is C33H26N2O. The van der Waals surface area contributed by atoms with Crippen molar-refractivity contribution in [3.8, 4) is 11.1 Å². The van der Waals surface area contributed by atoms with Crippen molar-refractivity contribution < 1.29 is 4.42 Å². The first-order valence-corrected chi connectivity index (χ1v) is 12.5. The van der Waals surface area contributed by atoms with E-state index in [1.807, 2.05) is 6.07 Å². The number of benzene rings is 5. The van der Waals surface area contributed by atoms with Crippen LogP contribution in [0.4, 0.5) is 5.69 Å². The molecule has 7 rings (SSSR count). The smallest absolute Gasteiger partial charge is 0.139 e. The molecule has 2 N–H and O–H groups in total. The molecular weight excluding hydrogens is 440 g/mol. The highest BCUT2D eigenvalue weighted by atomic mass is 16.3. The summed E-state index contributed by atoms with van der Waals surface area (Å²) in [5, 5.41) is 9.99. The van der Waals surface area contributed by atoms with Crippen LogP contribution in [0.2, 0.25) is 0 Å². The van der Waals surface area contributed by atoms with Crippen molar-refractivity contribution in [2.24, 2.45) is 0 Å². The summed E-state index contributed by atoms with van der Waals surface area (Å²) in [5.41, 5.74) is 9.23. The maximum Gasteiger partial charge on any atom is 0.139 e. The molecule has 0 radical (unpaired) electrons. The molecule has 0 aliphatic carbocycles. The van der Waals surface area contributed by atoms with E-state index in [0.717, 1.165) is 28.4 Å². The van der Waals surface area contributed by atoms with Gasteiger partial charge in [0.05, 0.1) is 12.2 Å². The molecule has 2 heterocycles. The Morgan fingerprint density at radius 3 is 2.22 bits per heavy atom. The van der Waals surface area contributed by atoms with Gasteiger partial charge in [0.2, 0.25) is 0 Å². The van der Waals surface area contributed by atoms with Gasteiger partial charge >= 0.3 is 0 Å². The number of anilines is 1. The summed E-state index contributed by atoms with van der Waals surface area (Å²) in [5.74, 6) is 0. The quantitative estimate of drug-likeness (QED) is 0.277. The number of rotatable bonds is 4. The zero-order valence-electron chi connectivity index (χ0n) is 19.8. The lowest BCUT2D eigenvalue weighted by molar-refractivity contribution is 0.487. The first kappa shape index (κ1) is 21.0. The molecule has 1 aliphatic rings. The fraction of sp³-hybridized carbons (Fsp3) is 0.0909. The van der Waals surface area contributed by atoms with Crippen LogP contribution in [-0.2, 0) is 6.42 Å². The molecule has 0 spiro atoms. The Morgan fingerprint density at radius 2 is 1.36 bits per heavy atom. The molecule has 2 unspecified atom stereocenters. The number of hydrogen-bond donors (Lipinski definition) is 2. The molecule has 2 atom stereocenters. The van der Waals surface area contributed by atoms with Gasteiger partial charge in [-0.3, -0.25) is 5.32 Å². The van der Waals surface area contributed by atoms with Gasteiger partial charge in [0, 0.05) is 28.4 Å². The molecule has 0 fully saturated rings. The van der Waals surface area contributed by atoms with E-state index in [4.69, 9.17) is 4.42 Å². The van der Waals surface area contributed by atoms with Gasteiger partial charge in [-0.15, -0.1) is 0 Å². The largest absolute Gasteiger partial charge is 0.456 e. The second-order valence-electron chi connectivity index (χ2n) is 9.43. The lowest BCUT2D eigenvalue weighted by atomic mass is 9.91. The van der Waals surface area contributed by atoms with Crippen molar-refractivity contribution in [1.29, 1.82) is 0 Å². The highest BCUT2D eigenvalue weighted by molar-refractivity contribution is 6.07. The number of fused-ring (bicyclic) bond motifs is 4. The van der Waals surface area contributed by atoms with Crippen LogP contribution in [0.25, 0.3) is 33.1 Å². The summed E-state index contributed by atoms with van der Waals surface area (Å²) < 4.78 is 6.51. The molecule has 5 aromatic carbocycles. The Bertz CT molecular complexity index is 1670. The lowest BCUT2D eigenvalue weighted by Gasteiger charge is -2.35. The van der Waals surface area contributed by atoms with E-state index >= 15 is 0 Å². The Hall–Kier alpha value is -4.34. The maximum atomic E-state index is 6.51. The fourth-order valence-corrected chi connectivity index (χ4v) is 5.57. The second-order valence-corrected chi connectivity index (χ2v) is 9.43. The number of nitrogens with one attached hydrogen (secondary N) is 2. The summed E-state index contributed by atoms with van der Waals surface area (Å²) in [6.45, 7) is 0. The van der Waals surface area contributed by atoms with Gasteiger partial charge in [-0.05, 0) is 40.5 Å². The van der Waals surface area contributed by atoms with Crippen LogP contribution >= 0.6 is 0 Å². The van der Waals surface area contributed by atoms with Crippen molar-refractivity contribution in [3.05, 3.63) is 138 Å². The van der Waals surface area contributed by atoms with Crippen LogP contribution in [0.15, 0.2) is 126 Å². The van der Waals surface area contributed by atoms with Crippen molar-refractivity contribution >= 4 is 27.6 Å². The zero-order chi connectivity index (χ0) is 23.9. The van der Waals surface area contributed by atoms with E-state index in [0.29, 0.717) is 0 Å². The fourth-order valence-electron chi connectivity index (χ4n) is 5.57. The van der Waals surface area contributed by atoms with E-state index in [1.54, 1.807) is 0 Å². The van der Waals surface area contributed by atoms with E-state index in [2.05, 4.69) is 126 Å². The number of para-hydroxylation sites is 2. The topological polar surface area (TPSA) is 37.2 Å². The molecule has 0 saturated carbocycles. The average Bonchev–Trinajstić information content (AvgIpc) is 3.33. The van der Waals surface area contributed by atoms with Crippen molar-refractivity contribution in [2.45, 2.75) is 18.6 Å². The minimum absolute atomic E-state index is 0.0337. The van der Waals surface area contributed by atoms with Crippen LogP contribution in [-0.4, -0.2) is 6.17 Å². The van der Waals surface area contributed by atoms with Gasteiger partial charge in [-0.25, -0.2) is 0 Å². The van der Waals surface area contributed by atoms with E-state index in [-0.39, 0.29) is 12.2 Å². The van der Waals surface area contributed by atoms with Crippen LogP contribution in [0, 0.1) is 0 Å². The molecule has 0 amide bonds. The lowest BCUT2D eigenvalue weighted by Crippen LogP contribution is -2.45. The summed E-state index contributed by atoms with van der Waals surface area (Å²) in [4.78, 5) is 0. The summed E-state index contributed by atoms with van der Waals surface area (Å²) >= 11 is 0. The van der Waals surface area contributed by atoms with Crippen molar-refractivity contribution in [1.82, 2.24) is 5.32 Å². The Morgan fingerprint density at radius 1 is 0.639 bits per heavy atom. The normalized spacial score (nSPS) is 17.1. The van der Waals surface area contributed by atoms with E-state index in [9.17, 15) is 0 Å². The minimum Gasteiger partial charge on any atom is -0.456 e. The first-order valence-electron chi connectivity index (χ1n) is 12.5. The Labute approximate surface area is 210 Å². The predicted octanol–water partition coefficient (Wildman–Crippen LogP) is 7.93. The molecule has 36 heavy (non-hydrogen) atoms. The van der Waals surface area contributed by atoms with Gasteiger partial charge in [0.25, 0.3) is 0 Å². The molecule has 3 heteroatoms. The minimum atomic E-state index is 0.0337. The summed E-state index contributed by atoms with van der Waals surface area (Å²) in [6, 6.07) is 42.8. The SMILES string of the molecule is c1ccc(-c2ccc3c(oc4ccccc43)c2CC2Nc3ccccc3C(c3ccccc3)N2)cc1. The molecule has 0 saturated heterocycles. The third kappa shape index (κ3) is 3.57. The number of hydrogen-bond acceptors (Lipinski definition) is 3. The third-order valence-electron chi connectivity index (χ3n) is 7.25. The molecule has 1 aliphatic heterocycles. The van der Waals surface area contributed by atoms with Gasteiger partial charge in [0.1, 0.15) is 11.2 Å². The first-order chi connectivity index (χ1) is 17.8. The monoisotopic (exact) mass is 466 g/mol. The number of furan rings is 1.